The van der Waals surface area contributed by atoms with Crippen molar-refractivity contribution < 1.29 is 0 Å². The van der Waals surface area contributed by atoms with Crippen LogP contribution < -0.4 is 10.6 Å². The average Bonchev–Trinajstić information content (AvgIpc) is 2.35. The van der Waals surface area contributed by atoms with Gasteiger partial charge in [-0.2, -0.15) is 0 Å². The van der Waals surface area contributed by atoms with Gasteiger partial charge < -0.3 is 10.6 Å². The minimum atomic E-state index is 0.719. The highest BCUT2D eigenvalue weighted by Crippen LogP contribution is 2.32. The molecule has 0 aliphatic rings. The van der Waals surface area contributed by atoms with Gasteiger partial charge in [0.05, 0.1) is 5.69 Å². The van der Waals surface area contributed by atoms with Crippen molar-refractivity contribution in [1.29, 1.82) is 0 Å². The van der Waals surface area contributed by atoms with Gasteiger partial charge in [-0.15, -0.1) is 0 Å². The third kappa shape index (κ3) is 3.12. The van der Waals surface area contributed by atoms with Crippen LogP contribution in [0.3, 0.4) is 0 Å². The van der Waals surface area contributed by atoms with Crippen LogP contribution in [0.2, 0.25) is 0 Å². The minimum Gasteiger partial charge on any atom is -0.372 e. The lowest BCUT2D eigenvalue weighted by atomic mass is 10.3. The molecule has 0 radical (unpaired) electrons. The molecule has 1 heterocycles. The zero-order chi connectivity index (χ0) is 13.1. The smallest absolute Gasteiger partial charge is 0.150 e. The zero-order valence-corrected chi connectivity index (χ0v) is 14.7. The number of nitrogens with zero attached hydrogens (tertiary/aromatic N) is 2. The first-order valence-electron chi connectivity index (χ1n) is 5.02. The summed E-state index contributed by atoms with van der Waals surface area (Å²) in [5.74, 6) is 1.46. The number of halogens is 3. The van der Waals surface area contributed by atoms with E-state index in [4.69, 9.17) is 0 Å². The Balaban J connectivity index is 2.34. The van der Waals surface area contributed by atoms with Crippen molar-refractivity contribution in [3.63, 3.8) is 0 Å². The van der Waals surface area contributed by atoms with E-state index < -0.39 is 0 Å². The molecule has 2 N–H and O–H groups in total. The van der Waals surface area contributed by atoms with Crippen LogP contribution in [0.5, 0.6) is 0 Å². The van der Waals surface area contributed by atoms with Crippen molar-refractivity contribution in [2.75, 3.05) is 17.7 Å². The lowest BCUT2D eigenvalue weighted by Gasteiger charge is -2.11. The molecule has 0 saturated carbocycles. The van der Waals surface area contributed by atoms with E-state index in [1.807, 2.05) is 25.2 Å². The average molecular weight is 484 g/mol. The van der Waals surface area contributed by atoms with Crippen LogP contribution in [0.15, 0.2) is 33.5 Å². The van der Waals surface area contributed by atoms with Gasteiger partial charge in [-0.3, -0.25) is 0 Å². The molecular formula is C11H9Br2IN4. The quantitative estimate of drug-likeness (QED) is 0.636. The van der Waals surface area contributed by atoms with E-state index in [1.54, 1.807) is 0 Å². The first-order chi connectivity index (χ1) is 8.61. The van der Waals surface area contributed by atoms with Crippen molar-refractivity contribution in [2.24, 2.45) is 0 Å². The fraction of sp³-hybridized carbons (Fsp3) is 0.0909. The molecule has 0 spiro atoms. The highest BCUT2D eigenvalue weighted by molar-refractivity contribution is 14.1. The van der Waals surface area contributed by atoms with Crippen LogP contribution >= 0.6 is 54.5 Å². The Hall–Kier alpha value is -0.410. The molecule has 2 rings (SSSR count). The summed E-state index contributed by atoms with van der Waals surface area (Å²) in [6, 6.07) is 6.07. The van der Waals surface area contributed by atoms with Crippen LogP contribution in [-0.4, -0.2) is 17.0 Å². The molecule has 0 aliphatic carbocycles. The molecule has 18 heavy (non-hydrogen) atoms. The normalized spacial score (nSPS) is 10.2. The first kappa shape index (κ1) is 14.0. The van der Waals surface area contributed by atoms with Crippen molar-refractivity contribution in [1.82, 2.24) is 9.97 Å². The minimum absolute atomic E-state index is 0.719. The van der Waals surface area contributed by atoms with E-state index in [9.17, 15) is 0 Å². The summed E-state index contributed by atoms with van der Waals surface area (Å²) in [6.07, 6.45) is 1.51. The summed E-state index contributed by atoms with van der Waals surface area (Å²) in [6.45, 7) is 0. The maximum absolute atomic E-state index is 4.21. The monoisotopic (exact) mass is 482 g/mol. The molecule has 0 bridgehead atoms. The van der Waals surface area contributed by atoms with Crippen molar-refractivity contribution in [2.45, 2.75) is 0 Å². The maximum Gasteiger partial charge on any atom is 0.150 e. The van der Waals surface area contributed by atoms with Gasteiger partial charge in [0, 0.05) is 15.1 Å². The van der Waals surface area contributed by atoms with Gasteiger partial charge in [0.2, 0.25) is 0 Å². The predicted molar refractivity (Wildman–Crippen MR) is 89.4 cm³/mol. The number of rotatable bonds is 3. The second kappa shape index (κ2) is 6.16. The van der Waals surface area contributed by atoms with Gasteiger partial charge in [-0.05, 0) is 72.6 Å². The Bertz CT molecular complexity index is 577. The van der Waals surface area contributed by atoms with Gasteiger partial charge in [-0.1, -0.05) is 0 Å². The van der Waals surface area contributed by atoms with E-state index in [0.29, 0.717) is 0 Å². The van der Waals surface area contributed by atoms with Crippen molar-refractivity contribution in [3.05, 3.63) is 37.0 Å². The second-order valence-electron chi connectivity index (χ2n) is 3.38. The molecule has 0 atom stereocenters. The summed E-state index contributed by atoms with van der Waals surface area (Å²) in [5, 5.41) is 6.25. The third-order valence-electron chi connectivity index (χ3n) is 2.21. The molecule has 0 aliphatic heterocycles. The predicted octanol–water partition coefficient (Wildman–Crippen LogP) is 4.39. The number of aromatic nitrogens is 2. The lowest BCUT2D eigenvalue weighted by molar-refractivity contribution is 1.14. The number of anilines is 3. The Morgan fingerprint density at radius 3 is 2.56 bits per heavy atom. The Morgan fingerprint density at radius 2 is 1.89 bits per heavy atom. The van der Waals surface area contributed by atoms with Gasteiger partial charge in [0.15, 0.2) is 0 Å². The van der Waals surface area contributed by atoms with Gasteiger partial charge in [0.25, 0.3) is 0 Å². The molecule has 1 aromatic heterocycles. The van der Waals surface area contributed by atoms with Crippen molar-refractivity contribution >= 4 is 71.8 Å². The van der Waals surface area contributed by atoms with Gasteiger partial charge >= 0.3 is 0 Å². The zero-order valence-electron chi connectivity index (χ0n) is 9.34. The van der Waals surface area contributed by atoms with Gasteiger partial charge in [-0.25, -0.2) is 9.97 Å². The number of nitrogens with one attached hydrogen (secondary N) is 2. The molecule has 4 nitrogen and oxygen atoms in total. The number of benzene rings is 1. The van der Waals surface area contributed by atoms with Crippen LogP contribution in [0.1, 0.15) is 0 Å². The van der Waals surface area contributed by atoms with Crippen LogP contribution in [-0.2, 0) is 0 Å². The summed E-state index contributed by atoms with van der Waals surface area (Å²) in [7, 11) is 1.82. The molecule has 0 unspecified atom stereocenters. The fourth-order valence-electron chi connectivity index (χ4n) is 1.35. The van der Waals surface area contributed by atoms with Gasteiger partial charge in [0.1, 0.15) is 22.4 Å². The summed E-state index contributed by atoms with van der Waals surface area (Å²) in [4.78, 5) is 8.33. The summed E-state index contributed by atoms with van der Waals surface area (Å²) in [5.41, 5.74) is 0.955. The Kier molecular flexibility index (Phi) is 4.79. The molecule has 1 aromatic carbocycles. The lowest BCUT2D eigenvalue weighted by Crippen LogP contribution is -2.00. The molecule has 0 saturated heterocycles. The van der Waals surface area contributed by atoms with E-state index in [1.165, 1.54) is 9.90 Å². The first-order valence-corrected chi connectivity index (χ1v) is 7.68. The summed E-state index contributed by atoms with van der Waals surface area (Å²) < 4.78 is 2.96. The highest BCUT2D eigenvalue weighted by Gasteiger charge is 2.09. The molecule has 0 amide bonds. The highest BCUT2D eigenvalue weighted by atomic mass is 127. The van der Waals surface area contributed by atoms with Crippen LogP contribution in [0.4, 0.5) is 17.3 Å². The molecule has 0 fully saturated rings. The Morgan fingerprint density at radius 1 is 1.17 bits per heavy atom. The summed E-state index contributed by atoms with van der Waals surface area (Å²) >= 11 is 9.26. The SMILES string of the molecule is CNc1ncnc(Nc2ccc(I)cc2Br)c1Br. The topological polar surface area (TPSA) is 49.8 Å². The van der Waals surface area contributed by atoms with Crippen LogP contribution in [0.25, 0.3) is 0 Å². The standard InChI is InChI=1S/C11H9Br2IN4/c1-15-10-9(13)11(17-5-16-10)18-8-3-2-6(14)4-7(8)12/h2-5H,1H3,(H2,15,16,17,18). The second-order valence-corrected chi connectivity index (χ2v) is 6.28. The maximum atomic E-state index is 4.21. The molecule has 94 valence electrons. The third-order valence-corrected chi connectivity index (χ3v) is 4.29. The van der Waals surface area contributed by atoms with E-state index in [0.717, 1.165) is 26.3 Å². The Labute approximate surface area is 135 Å². The molecule has 2 aromatic rings. The van der Waals surface area contributed by atoms with E-state index in [-0.39, 0.29) is 0 Å². The van der Waals surface area contributed by atoms with Crippen LogP contribution in [0, 0.1) is 3.57 Å². The largest absolute Gasteiger partial charge is 0.372 e. The number of hydrogen-bond donors (Lipinski definition) is 2. The molecular weight excluding hydrogens is 475 g/mol. The number of hydrogen-bond acceptors (Lipinski definition) is 4. The molecule has 7 heteroatoms. The van der Waals surface area contributed by atoms with E-state index in [2.05, 4.69) is 75.1 Å². The fourth-order valence-corrected chi connectivity index (χ4v) is 3.25. The van der Waals surface area contributed by atoms with Crippen molar-refractivity contribution in [3.8, 4) is 0 Å². The van der Waals surface area contributed by atoms with E-state index >= 15 is 0 Å².